The third kappa shape index (κ3) is 1.46. The summed E-state index contributed by atoms with van der Waals surface area (Å²) in [5, 5.41) is 6.99. The van der Waals surface area contributed by atoms with Crippen LogP contribution in [0.2, 0.25) is 0 Å². The van der Waals surface area contributed by atoms with E-state index in [1.54, 1.807) is 0 Å². The monoisotopic (exact) mass is 185 g/mol. The van der Waals surface area contributed by atoms with Crippen molar-refractivity contribution < 1.29 is 0 Å². The molecule has 0 spiro atoms. The molecule has 0 bridgehead atoms. The molecule has 0 unspecified atom stereocenters. The Bertz CT molecular complexity index is 253. The van der Waals surface area contributed by atoms with Gasteiger partial charge in [0.05, 0.1) is 5.88 Å². The number of nitrogens with zero attached hydrogens (tertiary/aromatic N) is 2. The van der Waals surface area contributed by atoms with Crippen LogP contribution in [0.4, 0.5) is 0 Å². The van der Waals surface area contributed by atoms with Crippen molar-refractivity contribution in [1.29, 1.82) is 0 Å². The van der Waals surface area contributed by atoms with Gasteiger partial charge >= 0.3 is 0 Å². The highest BCUT2D eigenvalue weighted by atomic mass is 35.5. The van der Waals surface area contributed by atoms with Crippen LogP contribution < -0.4 is 0 Å². The summed E-state index contributed by atoms with van der Waals surface area (Å²) in [7, 11) is 0. The maximum absolute atomic E-state index is 5.61. The number of hydrogen-bond acceptors (Lipinski definition) is 2. The maximum atomic E-state index is 5.61. The molecule has 1 saturated carbocycles. The molecule has 3 nitrogen and oxygen atoms in total. The van der Waals surface area contributed by atoms with E-state index in [-0.39, 0.29) is 0 Å². The number of nitrogens with one attached hydrogen (secondary N) is 1. The molecule has 1 aliphatic rings. The van der Waals surface area contributed by atoms with Crippen molar-refractivity contribution in [3.8, 4) is 0 Å². The first-order valence-corrected chi connectivity index (χ1v) is 4.90. The van der Waals surface area contributed by atoms with Crippen molar-refractivity contribution >= 4 is 11.6 Å². The smallest absolute Gasteiger partial charge is 0.153 e. The first-order chi connectivity index (χ1) is 5.90. The Morgan fingerprint density at radius 3 is 2.75 bits per heavy atom. The molecule has 2 rings (SSSR count). The first kappa shape index (κ1) is 8.05. The highest BCUT2D eigenvalue weighted by molar-refractivity contribution is 6.16. The van der Waals surface area contributed by atoms with Crippen LogP contribution in [-0.4, -0.2) is 15.2 Å². The number of halogens is 1. The SMILES string of the molecule is ClCc1nc(C2CCCC2)n[nH]1. The average molecular weight is 186 g/mol. The summed E-state index contributed by atoms with van der Waals surface area (Å²) >= 11 is 5.61. The van der Waals surface area contributed by atoms with Gasteiger partial charge in [-0.3, -0.25) is 5.10 Å². The second kappa shape index (κ2) is 3.44. The van der Waals surface area contributed by atoms with Gasteiger partial charge in [-0.15, -0.1) is 11.6 Å². The fourth-order valence-corrected chi connectivity index (χ4v) is 1.86. The molecule has 1 heterocycles. The summed E-state index contributed by atoms with van der Waals surface area (Å²) in [5.74, 6) is 2.76. The summed E-state index contributed by atoms with van der Waals surface area (Å²) in [6, 6.07) is 0. The van der Waals surface area contributed by atoms with Crippen molar-refractivity contribution in [2.45, 2.75) is 37.5 Å². The fourth-order valence-electron chi connectivity index (χ4n) is 1.74. The molecule has 0 aliphatic heterocycles. The normalized spacial score (nSPS) is 18.8. The van der Waals surface area contributed by atoms with E-state index in [0.717, 1.165) is 11.6 Å². The van der Waals surface area contributed by atoms with Gasteiger partial charge in [-0.1, -0.05) is 12.8 Å². The largest absolute Gasteiger partial charge is 0.262 e. The van der Waals surface area contributed by atoms with Crippen LogP contribution in [0, 0.1) is 0 Å². The van der Waals surface area contributed by atoms with E-state index in [1.807, 2.05) is 0 Å². The molecule has 0 saturated heterocycles. The molecule has 0 atom stereocenters. The summed E-state index contributed by atoms with van der Waals surface area (Å²) in [4.78, 5) is 4.31. The average Bonchev–Trinajstić information content (AvgIpc) is 2.75. The number of hydrogen-bond donors (Lipinski definition) is 1. The topological polar surface area (TPSA) is 41.6 Å². The van der Waals surface area contributed by atoms with Crippen LogP contribution in [0.15, 0.2) is 0 Å². The van der Waals surface area contributed by atoms with Gasteiger partial charge in [0.1, 0.15) is 5.82 Å². The van der Waals surface area contributed by atoms with E-state index in [9.17, 15) is 0 Å². The molecule has 66 valence electrons. The molecular formula is C8H12ClN3. The number of H-pyrrole nitrogens is 1. The van der Waals surface area contributed by atoms with Crippen molar-refractivity contribution in [1.82, 2.24) is 15.2 Å². The van der Waals surface area contributed by atoms with Crippen LogP contribution in [-0.2, 0) is 5.88 Å². The number of alkyl halides is 1. The lowest BCUT2D eigenvalue weighted by Gasteiger charge is -2.00. The van der Waals surface area contributed by atoms with Gasteiger partial charge in [-0.2, -0.15) is 5.10 Å². The maximum Gasteiger partial charge on any atom is 0.153 e. The standard InChI is InChI=1S/C8H12ClN3/c9-5-7-10-8(12-11-7)6-3-1-2-4-6/h6H,1-5H2,(H,10,11,12). The molecule has 1 aromatic rings. The van der Waals surface area contributed by atoms with E-state index in [0.29, 0.717) is 11.8 Å². The van der Waals surface area contributed by atoms with Gasteiger partial charge in [0, 0.05) is 5.92 Å². The minimum atomic E-state index is 0.430. The molecule has 0 aromatic carbocycles. The number of aromatic nitrogens is 3. The second-order valence-electron chi connectivity index (χ2n) is 3.26. The van der Waals surface area contributed by atoms with E-state index >= 15 is 0 Å². The van der Waals surface area contributed by atoms with Crippen molar-refractivity contribution in [3.63, 3.8) is 0 Å². The lowest BCUT2D eigenvalue weighted by atomic mass is 10.1. The zero-order valence-electron chi connectivity index (χ0n) is 6.89. The Morgan fingerprint density at radius 2 is 2.17 bits per heavy atom. The van der Waals surface area contributed by atoms with Crippen molar-refractivity contribution in [2.75, 3.05) is 0 Å². The Hall–Kier alpha value is -0.570. The van der Waals surface area contributed by atoms with E-state index in [4.69, 9.17) is 11.6 Å². The molecule has 1 fully saturated rings. The van der Waals surface area contributed by atoms with Gasteiger partial charge in [-0.25, -0.2) is 4.98 Å². The number of aromatic amines is 1. The third-order valence-electron chi connectivity index (χ3n) is 2.40. The molecule has 0 radical (unpaired) electrons. The van der Waals surface area contributed by atoms with E-state index in [2.05, 4.69) is 15.2 Å². The molecule has 4 heteroatoms. The second-order valence-corrected chi connectivity index (χ2v) is 3.52. The van der Waals surface area contributed by atoms with Gasteiger partial charge in [0.2, 0.25) is 0 Å². The third-order valence-corrected chi connectivity index (χ3v) is 2.65. The summed E-state index contributed by atoms with van der Waals surface area (Å²) < 4.78 is 0. The highest BCUT2D eigenvalue weighted by Gasteiger charge is 2.20. The molecule has 0 amide bonds. The Balaban J connectivity index is 2.11. The minimum absolute atomic E-state index is 0.430. The van der Waals surface area contributed by atoms with Crippen LogP contribution >= 0.6 is 11.6 Å². The zero-order chi connectivity index (χ0) is 8.39. The van der Waals surface area contributed by atoms with Gasteiger partial charge in [0.15, 0.2) is 5.82 Å². The lowest BCUT2D eigenvalue weighted by molar-refractivity contribution is 0.671. The van der Waals surface area contributed by atoms with Gasteiger partial charge in [0.25, 0.3) is 0 Å². The van der Waals surface area contributed by atoms with Crippen molar-refractivity contribution in [3.05, 3.63) is 11.6 Å². The predicted molar refractivity (Wildman–Crippen MR) is 47.1 cm³/mol. The molecule has 12 heavy (non-hydrogen) atoms. The Morgan fingerprint density at radius 1 is 1.42 bits per heavy atom. The van der Waals surface area contributed by atoms with Gasteiger partial charge < -0.3 is 0 Å². The quantitative estimate of drug-likeness (QED) is 0.718. The Kier molecular flexibility index (Phi) is 2.30. The van der Waals surface area contributed by atoms with Crippen LogP contribution in [0.25, 0.3) is 0 Å². The zero-order valence-corrected chi connectivity index (χ0v) is 7.64. The summed E-state index contributed by atoms with van der Waals surface area (Å²) in [6.45, 7) is 0. The van der Waals surface area contributed by atoms with E-state index < -0.39 is 0 Å². The lowest BCUT2D eigenvalue weighted by Crippen LogP contribution is -1.94. The van der Waals surface area contributed by atoms with Crippen molar-refractivity contribution in [2.24, 2.45) is 0 Å². The molecule has 1 N–H and O–H groups in total. The van der Waals surface area contributed by atoms with Crippen LogP contribution in [0.3, 0.4) is 0 Å². The molecule has 1 aromatic heterocycles. The number of rotatable bonds is 2. The van der Waals surface area contributed by atoms with Crippen LogP contribution in [0.5, 0.6) is 0 Å². The minimum Gasteiger partial charge on any atom is -0.262 e. The molecule has 1 aliphatic carbocycles. The predicted octanol–water partition coefficient (Wildman–Crippen LogP) is 2.20. The van der Waals surface area contributed by atoms with E-state index in [1.165, 1.54) is 25.7 Å². The molecular weight excluding hydrogens is 174 g/mol. The Labute approximate surface area is 76.5 Å². The summed E-state index contributed by atoms with van der Waals surface area (Å²) in [5.41, 5.74) is 0. The summed E-state index contributed by atoms with van der Waals surface area (Å²) in [6.07, 6.45) is 5.10. The van der Waals surface area contributed by atoms with Gasteiger partial charge in [-0.05, 0) is 12.8 Å². The fraction of sp³-hybridized carbons (Fsp3) is 0.750. The first-order valence-electron chi connectivity index (χ1n) is 4.37. The highest BCUT2D eigenvalue weighted by Crippen LogP contribution is 2.31. The van der Waals surface area contributed by atoms with Crippen LogP contribution in [0.1, 0.15) is 43.3 Å².